The molecule has 1 atom stereocenters. The number of pyridine rings is 2. The third-order valence-corrected chi connectivity index (χ3v) is 11.4. The van der Waals surface area contributed by atoms with Crippen LogP contribution in [0.1, 0.15) is 65.7 Å². The normalized spacial score (nSPS) is 21.9. The molecule has 13 heteroatoms. The van der Waals surface area contributed by atoms with Crippen LogP contribution in [-0.2, 0) is 21.4 Å². The smallest absolute Gasteiger partial charge is 0.262 e. The number of aryl methyl sites for hydroxylation is 1. The maximum absolute atomic E-state index is 13.1. The first kappa shape index (κ1) is 35.1. The van der Waals surface area contributed by atoms with E-state index in [-0.39, 0.29) is 42.3 Å². The van der Waals surface area contributed by atoms with Crippen molar-refractivity contribution in [3.8, 4) is 22.8 Å². The summed E-state index contributed by atoms with van der Waals surface area (Å²) in [6.45, 7) is 3.28. The van der Waals surface area contributed by atoms with Crippen LogP contribution in [0, 0.1) is 0 Å². The molecule has 3 aliphatic heterocycles. The fraction of sp³-hybridized carbons (Fsp3) is 0.381. The minimum Gasteiger partial charge on any atom is -0.494 e. The molecule has 2 saturated heterocycles. The summed E-state index contributed by atoms with van der Waals surface area (Å²) >= 11 is 0. The Labute approximate surface area is 317 Å². The predicted molar refractivity (Wildman–Crippen MR) is 203 cm³/mol. The number of hydrogen-bond acceptors (Lipinski definition) is 10. The molecule has 13 nitrogen and oxygen atoms in total. The molecular formula is C42H42N6O7. The van der Waals surface area contributed by atoms with Crippen LogP contribution >= 0.6 is 0 Å². The van der Waals surface area contributed by atoms with E-state index < -0.39 is 29.7 Å². The highest BCUT2D eigenvalue weighted by atomic mass is 16.5. The van der Waals surface area contributed by atoms with Gasteiger partial charge in [0.25, 0.3) is 11.8 Å². The van der Waals surface area contributed by atoms with E-state index in [2.05, 4.69) is 56.1 Å². The Morgan fingerprint density at radius 3 is 2.42 bits per heavy atom. The molecule has 6 heterocycles. The van der Waals surface area contributed by atoms with Crippen molar-refractivity contribution in [2.24, 2.45) is 7.05 Å². The number of carbonyl (C=O) groups excluding carboxylic acids is 4. The minimum absolute atomic E-state index is 0.0832. The van der Waals surface area contributed by atoms with Crippen LogP contribution in [0.2, 0.25) is 0 Å². The van der Waals surface area contributed by atoms with Gasteiger partial charge in [-0.1, -0.05) is 12.1 Å². The van der Waals surface area contributed by atoms with Crippen LogP contribution in [-0.4, -0.2) is 98.6 Å². The van der Waals surface area contributed by atoms with Gasteiger partial charge in [0.1, 0.15) is 17.9 Å². The van der Waals surface area contributed by atoms with Crippen molar-refractivity contribution in [1.29, 1.82) is 0 Å². The summed E-state index contributed by atoms with van der Waals surface area (Å²) in [4.78, 5) is 62.2. The molecule has 1 saturated carbocycles. The van der Waals surface area contributed by atoms with E-state index in [4.69, 9.17) is 14.2 Å². The second kappa shape index (κ2) is 14.5. The Hall–Kier alpha value is -5.66. The number of likely N-dealkylation sites (tertiary alicyclic amines) is 1. The standard InChI is InChI=1S/C42H42N6O7/c1-46-35-11-14-43-24-34(35)31-6-3-25(19-37(31)46)26-4-10-39(44-23-26)55-30-20-29(21-30)54-27-12-16-47(17-13-27)15-2-18-53-28-5-7-32-33(22-28)42(52)48(41(32)51)36-8-9-38(49)45-40(36)50/h3-7,10-11,14,19,22-24,27,29-30,36H,2,8-9,12-13,15-18,20-21H2,1H3,(H,45,49,50)/t29-,30-,36?. The van der Waals surface area contributed by atoms with Crippen LogP contribution in [0.5, 0.6) is 11.6 Å². The van der Waals surface area contributed by atoms with Crippen LogP contribution in [0.15, 0.2) is 73.2 Å². The van der Waals surface area contributed by atoms with E-state index >= 15 is 0 Å². The summed E-state index contributed by atoms with van der Waals surface area (Å²) in [5.41, 5.74) is 4.94. The Balaban J connectivity index is 0.679. The van der Waals surface area contributed by atoms with E-state index in [1.165, 1.54) is 5.39 Å². The van der Waals surface area contributed by atoms with Crippen LogP contribution in [0.25, 0.3) is 32.9 Å². The average Bonchev–Trinajstić information content (AvgIpc) is 3.61. The van der Waals surface area contributed by atoms with Crippen molar-refractivity contribution >= 4 is 45.4 Å². The highest BCUT2D eigenvalue weighted by Gasteiger charge is 2.44. The van der Waals surface area contributed by atoms with Crippen molar-refractivity contribution in [3.63, 3.8) is 0 Å². The quantitative estimate of drug-likeness (QED) is 0.144. The number of imide groups is 2. The van der Waals surface area contributed by atoms with Crippen molar-refractivity contribution < 1.29 is 33.4 Å². The number of fused-ring (bicyclic) bond motifs is 4. The molecule has 1 aliphatic carbocycles. The maximum atomic E-state index is 13.1. The highest BCUT2D eigenvalue weighted by molar-refractivity contribution is 6.23. The molecule has 5 aromatic rings. The Bertz CT molecular complexity index is 2310. The zero-order valence-electron chi connectivity index (χ0n) is 30.6. The summed E-state index contributed by atoms with van der Waals surface area (Å²) in [6.07, 6.45) is 10.9. The number of aromatic nitrogens is 3. The van der Waals surface area contributed by atoms with E-state index in [1.54, 1.807) is 18.2 Å². The predicted octanol–water partition coefficient (Wildman–Crippen LogP) is 5.05. The summed E-state index contributed by atoms with van der Waals surface area (Å²) < 4.78 is 20.8. The molecule has 4 aliphatic rings. The van der Waals surface area contributed by atoms with Gasteiger partial charge in [-0.05, 0) is 67.6 Å². The number of nitrogens with one attached hydrogen (secondary N) is 1. The zero-order chi connectivity index (χ0) is 37.6. The lowest BCUT2D eigenvalue weighted by Crippen LogP contribution is -2.54. The van der Waals surface area contributed by atoms with Gasteiger partial charge in [0.05, 0.1) is 35.5 Å². The van der Waals surface area contributed by atoms with E-state index in [0.29, 0.717) is 18.2 Å². The lowest BCUT2D eigenvalue weighted by Gasteiger charge is -2.39. The highest BCUT2D eigenvalue weighted by Crippen LogP contribution is 2.34. The molecule has 4 amide bonds. The van der Waals surface area contributed by atoms with Gasteiger partial charge in [-0.25, -0.2) is 4.98 Å². The molecule has 0 bridgehead atoms. The van der Waals surface area contributed by atoms with Crippen molar-refractivity contribution in [2.75, 3.05) is 26.2 Å². The lowest BCUT2D eigenvalue weighted by molar-refractivity contribution is -0.136. The first-order valence-electron chi connectivity index (χ1n) is 19.1. The summed E-state index contributed by atoms with van der Waals surface area (Å²) in [5.74, 6) is -0.951. The third-order valence-electron chi connectivity index (χ3n) is 11.4. The van der Waals surface area contributed by atoms with Gasteiger partial charge in [0, 0.05) is 92.5 Å². The number of carbonyl (C=O) groups is 4. The Kier molecular flexibility index (Phi) is 9.27. The van der Waals surface area contributed by atoms with Crippen molar-refractivity contribution in [1.82, 2.24) is 29.7 Å². The molecule has 2 aromatic carbocycles. The molecule has 55 heavy (non-hydrogen) atoms. The van der Waals surface area contributed by atoms with Gasteiger partial charge in [-0.3, -0.25) is 34.4 Å². The fourth-order valence-corrected chi connectivity index (χ4v) is 8.31. The molecule has 282 valence electrons. The second-order valence-corrected chi connectivity index (χ2v) is 14.9. The van der Waals surface area contributed by atoms with Crippen LogP contribution < -0.4 is 14.8 Å². The number of hydrogen-bond donors (Lipinski definition) is 1. The summed E-state index contributed by atoms with van der Waals surface area (Å²) in [7, 11) is 2.08. The van der Waals surface area contributed by atoms with Crippen molar-refractivity contribution in [3.05, 3.63) is 84.3 Å². The van der Waals surface area contributed by atoms with E-state index in [0.717, 1.165) is 84.2 Å². The summed E-state index contributed by atoms with van der Waals surface area (Å²) in [5, 5.41) is 4.56. The molecule has 1 N–H and O–H groups in total. The Morgan fingerprint density at radius 1 is 0.800 bits per heavy atom. The topological polar surface area (TPSA) is 145 Å². The molecule has 1 unspecified atom stereocenters. The minimum atomic E-state index is -0.987. The second-order valence-electron chi connectivity index (χ2n) is 14.9. The fourth-order valence-electron chi connectivity index (χ4n) is 8.31. The maximum Gasteiger partial charge on any atom is 0.262 e. The molecular weight excluding hydrogens is 700 g/mol. The molecule has 0 spiro atoms. The van der Waals surface area contributed by atoms with Gasteiger partial charge in [-0.15, -0.1) is 0 Å². The molecule has 0 radical (unpaired) electrons. The molecule has 3 aromatic heterocycles. The third kappa shape index (κ3) is 6.82. The lowest BCUT2D eigenvalue weighted by atomic mass is 9.91. The van der Waals surface area contributed by atoms with Gasteiger partial charge in [0.15, 0.2) is 0 Å². The molecule has 3 fully saturated rings. The van der Waals surface area contributed by atoms with Gasteiger partial charge < -0.3 is 23.7 Å². The number of benzene rings is 2. The first-order valence-corrected chi connectivity index (χ1v) is 19.1. The largest absolute Gasteiger partial charge is 0.494 e. The molecule has 9 rings (SSSR count). The number of rotatable bonds is 11. The monoisotopic (exact) mass is 742 g/mol. The average molecular weight is 743 g/mol. The Morgan fingerprint density at radius 2 is 1.62 bits per heavy atom. The number of piperidine rings is 2. The van der Waals surface area contributed by atoms with Crippen LogP contribution in [0.3, 0.4) is 0 Å². The first-order chi connectivity index (χ1) is 26.8. The van der Waals surface area contributed by atoms with Crippen LogP contribution in [0.4, 0.5) is 0 Å². The van der Waals surface area contributed by atoms with E-state index in [1.807, 2.05) is 30.7 Å². The number of amides is 4. The van der Waals surface area contributed by atoms with Gasteiger partial charge in [-0.2, -0.15) is 0 Å². The SMILES string of the molecule is Cn1c2ccncc2c2ccc(-c3ccc(O[C@H]4C[C@H](OC5CCN(CCCOc6ccc7c(c6)C(=O)N(C6CCC(=O)NC6=O)C7=O)CC5)C4)nc3)cc21. The van der Waals surface area contributed by atoms with Crippen molar-refractivity contribution in [2.45, 2.75) is 69.3 Å². The van der Waals surface area contributed by atoms with E-state index in [9.17, 15) is 19.2 Å². The zero-order valence-corrected chi connectivity index (χ0v) is 30.6. The van der Waals surface area contributed by atoms with Gasteiger partial charge >= 0.3 is 0 Å². The van der Waals surface area contributed by atoms with Gasteiger partial charge in [0.2, 0.25) is 17.7 Å². The number of ether oxygens (including phenoxy) is 3. The summed E-state index contributed by atoms with van der Waals surface area (Å²) in [6, 6.07) is 16.4. The number of nitrogens with zero attached hydrogens (tertiary/aromatic N) is 5.